The van der Waals surface area contributed by atoms with Gasteiger partial charge in [-0.3, -0.25) is 0 Å². The van der Waals surface area contributed by atoms with E-state index < -0.39 is 0 Å². The van der Waals surface area contributed by atoms with E-state index in [1.165, 1.54) is 6.07 Å². The standard InChI is InChI=1S/C15H19FN4/c1-11(17-2)12-4-3-5-13(16)15(12)20-9-8-19-7-6-18-14(19)10-20/h3-7,11,17H,8-10H2,1-2H3. The molecule has 1 aromatic heterocycles. The van der Waals surface area contributed by atoms with E-state index in [2.05, 4.69) is 19.8 Å². The number of rotatable bonds is 3. The first-order valence-electron chi connectivity index (χ1n) is 6.91. The highest BCUT2D eigenvalue weighted by Gasteiger charge is 2.23. The zero-order valence-electron chi connectivity index (χ0n) is 11.8. The van der Waals surface area contributed by atoms with E-state index in [4.69, 9.17) is 0 Å². The van der Waals surface area contributed by atoms with Crippen molar-refractivity contribution in [2.75, 3.05) is 18.5 Å². The van der Waals surface area contributed by atoms with Gasteiger partial charge in [0.25, 0.3) is 0 Å². The molecule has 3 rings (SSSR count). The number of benzene rings is 1. The van der Waals surface area contributed by atoms with Crippen molar-refractivity contribution >= 4 is 5.69 Å². The predicted octanol–water partition coefficient (Wildman–Crippen LogP) is 2.32. The number of hydrogen-bond acceptors (Lipinski definition) is 3. The van der Waals surface area contributed by atoms with Gasteiger partial charge in [0.2, 0.25) is 0 Å². The van der Waals surface area contributed by atoms with Crippen LogP contribution in [0.2, 0.25) is 0 Å². The Morgan fingerprint density at radius 1 is 1.35 bits per heavy atom. The molecule has 0 spiro atoms. The first kappa shape index (κ1) is 13.1. The van der Waals surface area contributed by atoms with Crippen molar-refractivity contribution in [2.24, 2.45) is 0 Å². The lowest BCUT2D eigenvalue weighted by atomic mass is 10.0. The Labute approximate surface area is 118 Å². The Morgan fingerprint density at radius 2 is 2.20 bits per heavy atom. The molecule has 1 aromatic carbocycles. The van der Waals surface area contributed by atoms with Gasteiger partial charge in [-0.25, -0.2) is 9.37 Å². The van der Waals surface area contributed by atoms with E-state index in [0.29, 0.717) is 12.2 Å². The van der Waals surface area contributed by atoms with Crippen LogP contribution in [0.15, 0.2) is 30.6 Å². The van der Waals surface area contributed by atoms with E-state index in [9.17, 15) is 4.39 Å². The van der Waals surface area contributed by atoms with Gasteiger partial charge in [0.05, 0.1) is 12.2 Å². The molecule has 5 heteroatoms. The fraction of sp³-hybridized carbons (Fsp3) is 0.400. The first-order chi connectivity index (χ1) is 9.70. The monoisotopic (exact) mass is 274 g/mol. The summed E-state index contributed by atoms with van der Waals surface area (Å²) < 4.78 is 16.5. The van der Waals surface area contributed by atoms with Crippen LogP contribution in [0.1, 0.15) is 24.4 Å². The third-order valence-electron chi connectivity index (χ3n) is 3.98. The Hall–Kier alpha value is -1.88. The van der Waals surface area contributed by atoms with Crippen LogP contribution in [0, 0.1) is 5.82 Å². The summed E-state index contributed by atoms with van der Waals surface area (Å²) in [7, 11) is 1.89. The Morgan fingerprint density at radius 3 is 3.00 bits per heavy atom. The van der Waals surface area contributed by atoms with Gasteiger partial charge in [0, 0.05) is 31.5 Å². The SMILES string of the molecule is CNC(C)c1cccc(F)c1N1CCn2ccnc2C1. The van der Waals surface area contributed by atoms with Crippen LogP contribution in [-0.2, 0) is 13.1 Å². The van der Waals surface area contributed by atoms with Crippen LogP contribution in [0.25, 0.3) is 0 Å². The minimum atomic E-state index is -0.162. The molecule has 0 radical (unpaired) electrons. The van der Waals surface area contributed by atoms with Crippen molar-refractivity contribution in [3.8, 4) is 0 Å². The zero-order valence-corrected chi connectivity index (χ0v) is 11.8. The molecule has 2 heterocycles. The zero-order chi connectivity index (χ0) is 14.1. The maximum Gasteiger partial charge on any atom is 0.146 e. The minimum absolute atomic E-state index is 0.113. The predicted molar refractivity (Wildman–Crippen MR) is 77.2 cm³/mol. The molecule has 0 saturated carbocycles. The van der Waals surface area contributed by atoms with Gasteiger partial charge in [-0.2, -0.15) is 0 Å². The summed E-state index contributed by atoms with van der Waals surface area (Å²) in [6, 6.07) is 5.40. The number of nitrogens with one attached hydrogen (secondary N) is 1. The van der Waals surface area contributed by atoms with Gasteiger partial charge in [-0.15, -0.1) is 0 Å². The summed E-state index contributed by atoms with van der Waals surface area (Å²) in [6.45, 7) is 4.34. The van der Waals surface area contributed by atoms with E-state index in [-0.39, 0.29) is 11.9 Å². The second-order valence-corrected chi connectivity index (χ2v) is 5.15. The fourth-order valence-corrected chi connectivity index (χ4v) is 2.73. The molecule has 1 N–H and O–H groups in total. The number of imidazole rings is 1. The molecule has 2 aromatic rings. The van der Waals surface area contributed by atoms with Crippen LogP contribution in [0.5, 0.6) is 0 Å². The Balaban J connectivity index is 1.98. The van der Waals surface area contributed by atoms with Crippen LogP contribution in [-0.4, -0.2) is 23.1 Å². The number of hydrogen-bond donors (Lipinski definition) is 1. The lowest BCUT2D eigenvalue weighted by Gasteiger charge is -2.32. The number of para-hydroxylation sites is 1. The normalized spacial score (nSPS) is 16.1. The van der Waals surface area contributed by atoms with Crippen molar-refractivity contribution in [1.82, 2.24) is 14.9 Å². The molecule has 0 amide bonds. The average molecular weight is 274 g/mol. The van der Waals surface area contributed by atoms with Crippen molar-refractivity contribution in [3.63, 3.8) is 0 Å². The van der Waals surface area contributed by atoms with Crippen LogP contribution in [0.3, 0.4) is 0 Å². The average Bonchev–Trinajstić information content (AvgIpc) is 2.93. The fourth-order valence-electron chi connectivity index (χ4n) is 2.73. The van der Waals surface area contributed by atoms with Crippen molar-refractivity contribution in [2.45, 2.75) is 26.1 Å². The smallest absolute Gasteiger partial charge is 0.146 e. The highest BCUT2D eigenvalue weighted by Crippen LogP contribution is 2.31. The molecule has 0 saturated heterocycles. The third kappa shape index (κ3) is 2.18. The summed E-state index contributed by atoms with van der Waals surface area (Å²) in [5, 5.41) is 3.19. The molecule has 106 valence electrons. The third-order valence-corrected chi connectivity index (χ3v) is 3.98. The molecule has 0 fully saturated rings. The quantitative estimate of drug-likeness (QED) is 0.932. The maximum atomic E-state index is 14.3. The Bertz CT molecular complexity index is 608. The first-order valence-corrected chi connectivity index (χ1v) is 6.91. The molecule has 1 aliphatic heterocycles. The van der Waals surface area contributed by atoms with Crippen molar-refractivity contribution in [1.29, 1.82) is 0 Å². The largest absolute Gasteiger partial charge is 0.360 e. The van der Waals surface area contributed by atoms with E-state index in [1.54, 1.807) is 12.3 Å². The lowest BCUT2D eigenvalue weighted by molar-refractivity contribution is 0.536. The van der Waals surface area contributed by atoms with Gasteiger partial charge in [-0.1, -0.05) is 12.1 Å². The van der Waals surface area contributed by atoms with Gasteiger partial charge >= 0.3 is 0 Å². The van der Waals surface area contributed by atoms with Crippen molar-refractivity contribution < 1.29 is 4.39 Å². The van der Waals surface area contributed by atoms with E-state index in [1.807, 2.05) is 26.2 Å². The van der Waals surface area contributed by atoms with Gasteiger partial charge in [0.15, 0.2) is 0 Å². The second-order valence-electron chi connectivity index (χ2n) is 5.15. The van der Waals surface area contributed by atoms with E-state index >= 15 is 0 Å². The minimum Gasteiger partial charge on any atom is -0.360 e. The van der Waals surface area contributed by atoms with Crippen LogP contribution < -0.4 is 10.2 Å². The van der Waals surface area contributed by atoms with Crippen LogP contribution in [0.4, 0.5) is 10.1 Å². The number of fused-ring (bicyclic) bond motifs is 1. The molecule has 1 atom stereocenters. The number of halogens is 1. The summed E-state index contributed by atoms with van der Waals surface area (Å²) in [6.07, 6.45) is 3.78. The second kappa shape index (κ2) is 5.25. The van der Waals surface area contributed by atoms with E-state index in [0.717, 1.165) is 24.5 Å². The molecule has 1 unspecified atom stereocenters. The molecular weight excluding hydrogens is 255 g/mol. The highest BCUT2D eigenvalue weighted by molar-refractivity contribution is 5.56. The number of anilines is 1. The van der Waals surface area contributed by atoms with Gasteiger partial charge < -0.3 is 14.8 Å². The lowest BCUT2D eigenvalue weighted by Crippen LogP contribution is -2.35. The highest BCUT2D eigenvalue weighted by atomic mass is 19.1. The molecule has 4 nitrogen and oxygen atoms in total. The molecule has 0 aliphatic carbocycles. The molecule has 20 heavy (non-hydrogen) atoms. The Kier molecular flexibility index (Phi) is 3.44. The summed E-state index contributed by atoms with van der Waals surface area (Å²) in [4.78, 5) is 6.42. The molecular formula is C15H19FN4. The summed E-state index contributed by atoms with van der Waals surface area (Å²) in [5.74, 6) is 0.826. The molecule has 1 aliphatic rings. The van der Waals surface area contributed by atoms with Gasteiger partial charge in [0.1, 0.15) is 11.6 Å². The van der Waals surface area contributed by atoms with Crippen LogP contribution >= 0.6 is 0 Å². The summed E-state index contributed by atoms with van der Waals surface area (Å²) >= 11 is 0. The van der Waals surface area contributed by atoms with Gasteiger partial charge in [-0.05, 0) is 25.6 Å². The number of aromatic nitrogens is 2. The number of nitrogens with zero attached hydrogens (tertiary/aromatic N) is 3. The maximum absolute atomic E-state index is 14.3. The topological polar surface area (TPSA) is 33.1 Å². The summed E-state index contributed by atoms with van der Waals surface area (Å²) in [5.41, 5.74) is 1.69. The molecule has 0 bridgehead atoms. The van der Waals surface area contributed by atoms with Crippen molar-refractivity contribution in [3.05, 3.63) is 47.8 Å².